The van der Waals surface area contributed by atoms with Gasteiger partial charge in [0.15, 0.2) is 0 Å². The van der Waals surface area contributed by atoms with Crippen LogP contribution in [0, 0.1) is 6.92 Å². The first-order valence-electron chi connectivity index (χ1n) is 6.11. The Labute approximate surface area is 120 Å². The van der Waals surface area contributed by atoms with Gasteiger partial charge in [0.05, 0.1) is 7.11 Å². The van der Waals surface area contributed by atoms with Crippen molar-refractivity contribution in [3.63, 3.8) is 0 Å². The number of nitrogens with zero attached hydrogens (tertiary/aromatic N) is 4. The topological polar surface area (TPSA) is 83.0 Å². The number of carbonyl (C=O) groups excluding carboxylic acids is 1. The molecule has 0 radical (unpaired) electrons. The van der Waals surface area contributed by atoms with E-state index in [2.05, 4.69) is 33.9 Å². The van der Waals surface area contributed by atoms with Crippen molar-refractivity contribution in [2.24, 2.45) is 0 Å². The van der Waals surface area contributed by atoms with Crippen molar-refractivity contribution in [2.45, 2.75) is 32.0 Å². The Morgan fingerprint density at radius 3 is 2.85 bits per heavy atom. The van der Waals surface area contributed by atoms with Crippen LogP contribution in [0.15, 0.2) is 15.7 Å². The van der Waals surface area contributed by atoms with Crippen LogP contribution in [0.3, 0.4) is 0 Å². The maximum absolute atomic E-state index is 11.0. The third-order valence-electron chi connectivity index (χ3n) is 2.58. The van der Waals surface area contributed by atoms with Gasteiger partial charge in [-0.05, 0) is 26.8 Å². The largest absolute Gasteiger partial charge is 0.468 e. The third-order valence-corrected chi connectivity index (χ3v) is 3.37. The summed E-state index contributed by atoms with van der Waals surface area (Å²) >= 11 is 1.14. The van der Waals surface area contributed by atoms with Crippen molar-refractivity contribution in [1.82, 2.24) is 20.0 Å². The fourth-order valence-electron chi connectivity index (χ4n) is 1.67. The molecule has 2 rings (SSSR count). The molecule has 0 spiro atoms. The molecule has 0 aliphatic heterocycles. The molecule has 0 amide bonds. The van der Waals surface area contributed by atoms with E-state index >= 15 is 0 Å². The zero-order chi connectivity index (χ0) is 14.7. The minimum Gasteiger partial charge on any atom is -0.468 e. The van der Waals surface area contributed by atoms with Crippen LogP contribution >= 0.6 is 11.8 Å². The highest BCUT2D eigenvalue weighted by Crippen LogP contribution is 2.23. The molecule has 0 bridgehead atoms. The van der Waals surface area contributed by atoms with E-state index in [4.69, 9.17) is 4.42 Å². The molecule has 0 unspecified atom stereocenters. The van der Waals surface area contributed by atoms with Crippen LogP contribution in [0.25, 0.3) is 11.6 Å². The highest BCUT2D eigenvalue weighted by Gasteiger charge is 2.15. The van der Waals surface area contributed by atoms with Crippen LogP contribution in [0.5, 0.6) is 0 Å². The van der Waals surface area contributed by atoms with Crippen molar-refractivity contribution >= 4 is 17.7 Å². The maximum Gasteiger partial charge on any atom is 0.316 e. The van der Waals surface area contributed by atoms with Gasteiger partial charge >= 0.3 is 5.97 Å². The number of esters is 1. The monoisotopic (exact) mass is 296 g/mol. The average Bonchev–Trinajstić information content (AvgIpc) is 3.02. The normalized spacial score (nSPS) is 11.1. The van der Waals surface area contributed by atoms with Crippen LogP contribution in [-0.4, -0.2) is 38.8 Å². The minimum atomic E-state index is -0.338. The lowest BCUT2D eigenvalue weighted by molar-refractivity contribution is -0.137. The van der Waals surface area contributed by atoms with Gasteiger partial charge in [-0.2, -0.15) is 5.10 Å². The SMILES string of the molecule is COC(=O)CSc1nnc(-c2cc(C)n(C(C)C)n2)o1. The fraction of sp³-hybridized carbons (Fsp3) is 0.500. The summed E-state index contributed by atoms with van der Waals surface area (Å²) in [5.74, 6) is 0.145. The number of ether oxygens (including phenoxy) is 1. The summed E-state index contributed by atoms with van der Waals surface area (Å²) < 4.78 is 11.9. The fourth-order valence-corrected chi connectivity index (χ4v) is 2.26. The number of rotatable bonds is 5. The Balaban J connectivity index is 2.12. The molecule has 8 heteroatoms. The molecule has 2 aromatic heterocycles. The number of hydrogen-bond donors (Lipinski definition) is 0. The van der Waals surface area contributed by atoms with Crippen LogP contribution in [-0.2, 0) is 9.53 Å². The molecule has 2 aromatic rings. The van der Waals surface area contributed by atoms with Crippen molar-refractivity contribution in [3.8, 4) is 11.6 Å². The van der Waals surface area contributed by atoms with Crippen LogP contribution in [0.1, 0.15) is 25.6 Å². The summed E-state index contributed by atoms with van der Waals surface area (Å²) in [6, 6.07) is 2.15. The summed E-state index contributed by atoms with van der Waals surface area (Å²) in [6.07, 6.45) is 0. The van der Waals surface area contributed by atoms with Gasteiger partial charge in [0.2, 0.25) is 0 Å². The van der Waals surface area contributed by atoms with E-state index in [1.54, 1.807) is 0 Å². The number of hydrogen-bond acceptors (Lipinski definition) is 7. The molecule has 0 aliphatic carbocycles. The summed E-state index contributed by atoms with van der Waals surface area (Å²) in [5.41, 5.74) is 1.66. The van der Waals surface area contributed by atoms with Gasteiger partial charge in [-0.1, -0.05) is 11.8 Å². The first-order valence-corrected chi connectivity index (χ1v) is 7.09. The van der Waals surface area contributed by atoms with E-state index in [0.29, 0.717) is 16.8 Å². The molecule has 0 saturated carbocycles. The Kier molecular flexibility index (Phi) is 4.43. The van der Waals surface area contributed by atoms with E-state index in [1.165, 1.54) is 7.11 Å². The number of methoxy groups -OCH3 is 1. The highest BCUT2D eigenvalue weighted by molar-refractivity contribution is 7.99. The van der Waals surface area contributed by atoms with Crippen molar-refractivity contribution in [1.29, 1.82) is 0 Å². The lowest BCUT2D eigenvalue weighted by Gasteiger charge is -2.06. The second-order valence-corrected chi connectivity index (χ2v) is 5.37. The third kappa shape index (κ3) is 3.19. The molecular weight excluding hydrogens is 280 g/mol. The first kappa shape index (κ1) is 14.6. The minimum absolute atomic E-state index is 0.137. The predicted octanol–water partition coefficient (Wildman–Crippen LogP) is 2.09. The van der Waals surface area contributed by atoms with Gasteiger partial charge in [0, 0.05) is 11.7 Å². The van der Waals surface area contributed by atoms with Gasteiger partial charge in [-0.25, -0.2) is 0 Å². The number of aryl methyl sites for hydroxylation is 1. The number of aromatic nitrogens is 4. The van der Waals surface area contributed by atoms with E-state index in [0.717, 1.165) is 17.5 Å². The number of carbonyl (C=O) groups is 1. The quantitative estimate of drug-likeness (QED) is 0.617. The Hall–Kier alpha value is -1.83. The summed E-state index contributed by atoms with van der Waals surface area (Å²) in [4.78, 5) is 11.0. The second kappa shape index (κ2) is 6.08. The molecule has 0 aromatic carbocycles. The van der Waals surface area contributed by atoms with Gasteiger partial charge in [-0.15, -0.1) is 10.2 Å². The summed E-state index contributed by atoms with van der Waals surface area (Å²) in [5, 5.41) is 12.6. The van der Waals surface area contributed by atoms with E-state index in [-0.39, 0.29) is 17.8 Å². The molecule has 0 N–H and O–H groups in total. The average molecular weight is 296 g/mol. The van der Waals surface area contributed by atoms with Crippen molar-refractivity contribution in [3.05, 3.63) is 11.8 Å². The Morgan fingerprint density at radius 2 is 2.25 bits per heavy atom. The Bertz CT molecular complexity index is 606. The second-order valence-electron chi connectivity index (χ2n) is 4.45. The molecule has 0 saturated heterocycles. The van der Waals surface area contributed by atoms with Gasteiger partial charge in [0.25, 0.3) is 11.1 Å². The standard InChI is InChI=1S/C12H16N4O3S/c1-7(2)16-8(3)5-9(15-16)11-13-14-12(19-11)20-6-10(17)18-4/h5,7H,6H2,1-4H3. The van der Waals surface area contributed by atoms with Crippen molar-refractivity contribution < 1.29 is 13.9 Å². The lowest BCUT2D eigenvalue weighted by Crippen LogP contribution is -2.04. The van der Waals surface area contributed by atoms with Gasteiger partial charge in [0.1, 0.15) is 11.4 Å². The van der Waals surface area contributed by atoms with Crippen LogP contribution in [0.4, 0.5) is 0 Å². The molecular formula is C12H16N4O3S. The smallest absolute Gasteiger partial charge is 0.316 e. The van der Waals surface area contributed by atoms with Gasteiger partial charge < -0.3 is 9.15 Å². The van der Waals surface area contributed by atoms with Crippen LogP contribution in [0.2, 0.25) is 0 Å². The molecule has 2 heterocycles. The van der Waals surface area contributed by atoms with E-state index < -0.39 is 0 Å². The molecule has 0 aliphatic rings. The summed E-state index contributed by atoms with van der Waals surface area (Å²) in [7, 11) is 1.34. The number of thioether (sulfide) groups is 1. The Morgan fingerprint density at radius 1 is 1.50 bits per heavy atom. The highest BCUT2D eigenvalue weighted by atomic mass is 32.2. The zero-order valence-corrected chi connectivity index (χ0v) is 12.6. The molecule has 7 nitrogen and oxygen atoms in total. The van der Waals surface area contributed by atoms with E-state index in [9.17, 15) is 4.79 Å². The maximum atomic E-state index is 11.0. The summed E-state index contributed by atoms with van der Waals surface area (Å²) in [6.45, 7) is 6.07. The lowest BCUT2D eigenvalue weighted by atomic mass is 10.3. The van der Waals surface area contributed by atoms with Crippen LogP contribution < -0.4 is 0 Å². The molecule has 0 fully saturated rings. The molecule has 0 atom stereocenters. The first-order chi connectivity index (χ1) is 9.51. The molecule has 20 heavy (non-hydrogen) atoms. The van der Waals surface area contributed by atoms with E-state index in [1.807, 2.05) is 17.7 Å². The molecule has 108 valence electrons. The predicted molar refractivity (Wildman–Crippen MR) is 73.4 cm³/mol. The zero-order valence-electron chi connectivity index (χ0n) is 11.8. The van der Waals surface area contributed by atoms with Crippen molar-refractivity contribution in [2.75, 3.05) is 12.9 Å². The van der Waals surface area contributed by atoms with Gasteiger partial charge in [-0.3, -0.25) is 9.48 Å².